The van der Waals surface area contributed by atoms with E-state index in [9.17, 15) is 4.39 Å². The molecular formula is C14H12Cl2FN. The minimum absolute atomic E-state index is 0.311. The van der Waals surface area contributed by atoms with Crippen LogP contribution in [0.4, 0.5) is 4.39 Å². The summed E-state index contributed by atoms with van der Waals surface area (Å²) in [6.45, 7) is 1.68. The van der Waals surface area contributed by atoms with E-state index in [2.05, 4.69) is 0 Å². The van der Waals surface area contributed by atoms with Crippen LogP contribution in [0.25, 0.3) is 0 Å². The third-order valence-electron chi connectivity index (χ3n) is 2.85. The largest absolute Gasteiger partial charge is 0.320 e. The molecule has 0 saturated carbocycles. The lowest BCUT2D eigenvalue weighted by molar-refractivity contribution is 0.617. The number of aryl methyl sites for hydroxylation is 1. The molecule has 94 valence electrons. The highest BCUT2D eigenvalue weighted by Crippen LogP contribution is 2.31. The number of hydrogen-bond donors (Lipinski definition) is 1. The van der Waals surface area contributed by atoms with E-state index in [-0.39, 0.29) is 5.82 Å². The van der Waals surface area contributed by atoms with Crippen LogP contribution < -0.4 is 5.73 Å². The topological polar surface area (TPSA) is 26.0 Å². The lowest BCUT2D eigenvalue weighted by Crippen LogP contribution is -2.13. The van der Waals surface area contributed by atoms with Crippen LogP contribution in [0.2, 0.25) is 10.0 Å². The van der Waals surface area contributed by atoms with Crippen LogP contribution in [0, 0.1) is 12.7 Å². The highest BCUT2D eigenvalue weighted by atomic mass is 35.5. The molecule has 1 nitrogen and oxygen atoms in total. The molecule has 1 atom stereocenters. The molecule has 0 aromatic heterocycles. The van der Waals surface area contributed by atoms with Crippen molar-refractivity contribution >= 4 is 23.2 Å². The standard InChI is InChI=1S/C14H12Cl2FN/c1-8-6-10(12(16)7-13(8)17)14(18)9-4-2-3-5-11(9)15/h2-7,14H,18H2,1H3. The van der Waals surface area contributed by atoms with Crippen molar-refractivity contribution in [3.8, 4) is 0 Å². The maximum Gasteiger partial charge on any atom is 0.127 e. The summed E-state index contributed by atoms with van der Waals surface area (Å²) in [5.41, 5.74) is 8.10. The van der Waals surface area contributed by atoms with Crippen LogP contribution in [0.15, 0.2) is 36.4 Å². The summed E-state index contributed by atoms with van der Waals surface area (Å²) in [6.07, 6.45) is 0. The molecule has 1 unspecified atom stereocenters. The fourth-order valence-corrected chi connectivity index (χ4v) is 2.33. The van der Waals surface area contributed by atoms with Gasteiger partial charge in [0.1, 0.15) is 5.82 Å². The van der Waals surface area contributed by atoms with Crippen LogP contribution in [0.5, 0.6) is 0 Å². The van der Waals surface area contributed by atoms with Crippen LogP contribution in [-0.4, -0.2) is 0 Å². The van der Waals surface area contributed by atoms with Gasteiger partial charge in [-0.2, -0.15) is 0 Å². The first-order valence-corrected chi connectivity index (χ1v) is 6.22. The number of hydrogen-bond acceptors (Lipinski definition) is 1. The molecule has 0 fully saturated rings. The molecule has 0 aliphatic rings. The fourth-order valence-electron chi connectivity index (χ4n) is 1.81. The molecule has 18 heavy (non-hydrogen) atoms. The smallest absolute Gasteiger partial charge is 0.127 e. The summed E-state index contributed by atoms with van der Waals surface area (Å²) in [5.74, 6) is -0.338. The van der Waals surface area contributed by atoms with E-state index in [4.69, 9.17) is 28.9 Å². The number of halogens is 3. The fraction of sp³-hybridized carbons (Fsp3) is 0.143. The van der Waals surface area contributed by atoms with E-state index in [0.717, 1.165) is 5.56 Å². The Morgan fingerprint density at radius 1 is 1.06 bits per heavy atom. The molecule has 2 N–H and O–H groups in total. The van der Waals surface area contributed by atoms with Crippen molar-refractivity contribution in [2.24, 2.45) is 5.73 Å². The summed E-state index contributed by atoms with van der Waals surface area (Å²) in [7, 11) is 0. The highest BCUT2D eigenvalue weighted by Gasteiger charge is 2.16. The van der Waals surface area contributed by atoms with Gasteiger partial charge in [0.15, 0.2) is 0 Å². The van der Waals surface area contributed by atoms with Gasteiger partial charge in [-0.25, -0.2) is 4.39 Å². The number of nitrogens with two attached hydrogens (primary N) is 1. The van der Waals surface area contributed by atoms with E-state index < -0.39 is 6.04 Å². The van der Waals surface area contributed by atoms with Crippen molar-refractivity contribution in [1.82, 2.24) is 0 Å². The first kappa shape index (κ1) is 13.3. The quantitative estimate of drug-likeness (QED) is 0.864. The predicted octanol–water partition coefficient (Wildman–Crippen LogP) is 4.49. The second-order valence-electron chi connectivity index (χ2n) is 4.12. The van der Waals surface area contributed by atoms with Crippen LogP contribution in [0.3, 0.4) is 0 Å². The molecule has 0 saturated heterocycles. The van der Waals surface area contributed by atoms with Gasteiger partial charge >= 0.3 is 0 Å². The Hall–Kier alpha value is -1.09. The van der Waals surface area contributed by atoms with Gasteiger partial charge in [0.05, 0.1) is 6.04 Å². The minimum Gasteiger partial charge on any atom is -0.320 e. The number of rotatable bonds is 2. The molecule has 0 spiro atoms. The molecule has 2 aromatic rings. The molecule has 2 rings (SSSR count). The van der Waals surface area contributed by atoms with Gasteiger partial charge in [0.25, 0.3) is 0 Å². The summed E-state index contributed by atoms with van der Waals surface area (Å²) in [6, 6.07) is 9.75. The monoisotopic (exact) mass is 283 g/mol. The molecule has 0 aliphatic carbocycles. The maximum atomic E-state index is 13.4. The van der Waals surface area contributed by atoms with Gasteiger partial charge in [-0.05, 0) is 41.8 Å². The Morgan fingerprint density at radius 2 is 1.72 bits per heavy atom. The Kier molecular flexibility index (Phi) is 3.91. The van der Waals surface area contributed by atoms with Gasteiger partial charge in [-0.15, -0.1) is 0 Å². The lowest BCUT2D eigenvalue weighted by atomic mass is 9.98. The van der Waals surface area contributed by atoms with Crippen molar-refractivity contribution in [3.63, 3.8) is 0 Å². The zero-order valence-corrected chi connectivity index (χ0v) is 11.3. The number of benzene rings is 2. The van der Waals surface area contributed by atoms with Crippen molar-refractivity contribution < 1.29 is 4.39 Å². The van der Waals surface area contributed by atoms with Crippen LogP contribution in [0.1, 0.15) is 22.7 Å². The van der Waals surface area contributed by atoms with Gasteiger partial charge in [-0.3, -0.25) is 0 Å². The molecule has 0 bridgehead atoms. The first-order valence-electron chi connectivity index (χ1n) is 5.46. The van der Waals surface area contributed by atoms with Crippen molar-refractivity contribution in [2.45, 2.75) is 13.0 Å². The zero-order valence-electron chi connectivity index (χ0n) is 9.75. The molecule has 0 radical (unpaired) electrons. The van der Waals surface area contributed by atoms with Crippen molar-refractivity contribution in [1.29, 1.82) is 0 Å². The van der Waals surface area contributed by atoms with E-state index in [0.29, 0.717) is 21.2 Å². The average Bonchev–Trinajstić information content (AvgIpc) is 2.33. The van der Waals surface area contributed by atoms with Crippen molar-refractivity contribution in [3.05, 3.63) is 69.0 Å². The zero-order chi connectivity index (χ0) is 13.3. The Balaban J connectivity index is 2.50. The minimum atomic E-state index is -0.467. The Labute approximate surface area is 115 Å². The summed E-state index contributed by atoms with van der Waals surface area (Å²) >= 11 is 12.1. The van der Waals surface area contributed by atoms with Crippen molar-refractivity contribution in [2.75, 3.05) is 0 Å². The molecule has 4 heteroatoms. The SMILES string of the molecule is Cc1cc(C(N)c2ccccc2Cl)c(Cl)cc1F. The van der Waals surface area contributed by atoms with E-state index in [1.807, 2.05) is 18.2 Å². The third kappa shape index (κ3) is 2.51. The highest BCUT2D eigenvalue weighted by molar-refractivity contribution is 6.32. The van der Waals surface area contributed by atoms with Gasteiger partial charge in [0, 0.05) is 10.0 Å². The van der Waals surface area contributed by atoms with Crippen LogP contribution in [-0.2, 0) is 0 Å². The molecule has 0 aliphatic heterocycles. The van der Waals surface area contributed by atoms with E-state index in [1.54, 1.807) is 19.1 Å². The third-order valence-corrected chi connectivity index (χ3v) is 3.52. The Morgan fingerprint density at radius 3 is 2.39 bits per heavy atom. The second kappa shape index (κ2) is 5.27. The normalized spacial score (nSPS) is 12.5. The van der Waals surface area contributed by atoms with Crippen LogP contribution >= 0.6 is 23.2 Å². The summed E-state index contributed by atoms with van der Waals surface area (Å²) < 4.78 is 13.4. The van der Waals surface area contributed by atoms with Gasteiger partial charge in [0.2, 0.25) is 0 Å². The summed E-state index contributed by atoms with van der Waals surface area (Å²) in [5, 5.41) is 0.883. The molecular weight excluding hydrogens is 272 g/mol. The molecule has 2 aromatic carbocycles. The molecule has 0 heterocycles. The average molecular weight is 284 g/mol. The second-order valence-corrected chi connectivity index (χ2v) is 4.94. The first-order chi connectivity index (χ1) is 8.50. The predicted molar refractivity (Wildman–Crippen MR) is 73.6 cm³/mol. The maximum absolute atomic E-state index is 13.4. The molecule has 0 amide bonds. The van der Waals surface area contributed by atoms with Gasteiger partial charge < -0.3 is 5.73 Å². The lowest BCUT2D eigenvalue weighted by Gasteiger charge is -2.16. The Bertz CT molecular complexity index is 584. The van der Waals surface area contributed by atoms with E-state index >= 15 is 0 Å². The summed E-state index contributed by atoms with van der Waals surface area (Å²) in [4.78, 5) is 0. The van der Waals surface area contributed by atoms with Gasteiger partial charge in [-0.1, -0.05) is 41.4 Å². The van der Waals surface area contributed by atoms with E-state index in [1.165, 1.54) is 6.07 Å².